The van der Waals surface area contributed by atoms with E-state index in [4.69, 9.17) is 0 Å². The molecular weight excluding hydrogens is 394 g/mol. The van der Waals surface area contributed by atoms with Crippen molar-refractivity contribution in [3.8, 4) is 0 Å². The van der Waals surface area contributed by atoms with Gasteiger partial charge in [0.05, 0.1) is 4.70 Å². The monoisotopic (exact) mass is 425 g/mol. The van der Waals surface area contributed by atoms with E-state index >= 15 is 0 Å². The van der Waals surface area contributed by atoms with Crippen molar-refractivity contribution in [1.82, 2.24) is 19.1 Å². The summed E-state index contributed by atoms with van der Waals surface area (Å²) in [4.78, 5) is 22.9. The average molecular weight is 426 g/mol. The van der Waals surface area contributed by atoms with Crippen LogP contribution in [0.15, 0.2) is 18.2 Å². The Morgan fingerprint density at radius 1 is 1.10 bits per heavy atom. The first-order valence-electron chi connectivity index (χ1n) is 11.4. The first-order chi connectivity index (χ1) is 14.6. The van der Waals surface area contributed by atoms with Gasteiger partial charge in [-0.2, -0.15) is 4.37 Å². The van der Waals surface area contributed by atoms with Crippen LogP contribution < -0.4 is 4.90 Å². The van der Waals surface area contributed by atoms with Gasteiger partial charge in [-0.3, -0.25) is 9.69 Å². The number of hydrogen-bond donors (Lipinski definition) is 0. The molecule has 0 N–H and O–H groups in total. The molecule has 6 saturated heterocycles. The fraction of sp³-hybridized carbons (Fsp3) is 0.652. The third-order valence-corrected chi connectivity index (χ3v) is 9.04. The van der Waals surface area contributed by atoms with Crippen molar-refractivity contribution in [2.75, 3.05) is 51.7 Å². The van der Waals surface area contributed by atoms with E-state index < -0.39 is 0 Å². The summed E-state index contributed by atoms with van der Waals surface area (Å²) in [5, 5.41) is 1.01. The molecule has 3 atom stereocenters. The number of benzene rings is 1. The fourth-order valence-electron chi connectivity index (χ4n) is 6.30. The molecule has 6 fully saturated rings. The van der Waals surface area contributed by atoms with E-state index in [1.165, 1.54) is 56.0 Å². The molecule has 160 valence electrons. The van der Waals surface area contributed by atoms with Gasteiger partial charge in [-0.05, 0) is 81.5 Å². The number of anilines is 1. The van der Waals surface area contributed by atoms with Crippen LogP contribution in [0.4, 0.5) is 5.69 Å². The number of rotatable bonds is 3. The lowest BCUT2D eigenvalue weighted by Crippen LogP contribution is -2.61. The summed E-state index contributed by atoms with van der Waals surface area (Å²) in [7, 11) is 4.24. The van der Waals surface area contributed by atoms with Crippen LogP contribution in [-0.2, 0) is 0 Å². The van der Waals surface area contributed by atoms with Crippen molar-refractivity contribution in [3.63, 3.8) is 0 Å². The van der Waals surface area contributed by atoms with Crippen molar-refractivity contribution < 1.29 is 4.79 Å². The maximum atomic E-state index is 13.4. The number of carbonyl (C=O) groups excluding carboxylic acids is 1. The number of aromatic nitrogens is 1. The molecule has 1 aromatic carbocycles. The summed E-state index contributed by atoms with van der Waals surface area (Å²) >= 11 is 1.48. The Morgan fingerprint density at radius 2 is 1.90 bits per heavy atom. The highest BCUT2D eigenvalue weighted by molar-refractivity contribution is 7.13. The highest BCUT2D eigenvalue weighted by Gasteiger charge is 2.39. The Hall–Kier alpha value is -1.70. The largest absolute Gasteiger partial charge is 0.366 e. The fourth-order valence-corrected chi connectivity index (χ4v) is 7.11. The highest BCUT2D eigenvalue weighted by Crippen LogP contribution is 2.36. The Labute approximate surface area is 182 Å². The van der Waals surface area contributed by atoms with Gasteiger partial charge in [0.1, 0.15) is 5.69 Å². The van der Waals surface area contributed by atoms with Crippen molar-refractivity contribution in [1.29, 1.82) is 0 Å². The minimum absolute atomic E-state index is 0.0893. The molecule has 6 nitrogen and oxygen atoms in total. The first kappa shape index (κ1) is 19.0. The Kier molecular flexibility index (Phi) is 4.55. The van der Waals surface area contributed by atoms with Gasteiger partial charge >= 0.3 is 0 Å². The van der Waals surface area contributed by atoms with Crippen LogP contribution in [0, 0.1) is 5.92 Å². The van der Waals surface area contributed by atoms with Gasteiger partial charge in [0, 0.05) is 55.9 Å². The zero-order chi connectivity index (χ0) is 20.4. The number of likely N-dealkylation sites (N-methyl/N-ethyl adjacent to an activating group) is 2. The summed E-state index contributed by atoms with van der Waals surface area (Å²) in [6, 6.07) is 8.21. The second kappa shape index (κ2) is 7.18. The van der Waals surface area contributed by atoms with Crippen LogP contribution in [-0.4, -0.2) is 89.9 Å². The summed E-state index contributed by atoms with van der Waals surface area (Å²) in [6.07, 6.45) is 5.03. The van der Waals surface area contributed by atoms with E-state index in [9.17, 15) is 4.79 Å². The highest BCUT2D eigenvalue weighted by atomic mass is 32.1. The van der Waals surface area contributed by atoms with Crippen LogP contribution in [0.2, 0.25) is 0 Å². The van der Waals surface area contributed by atoms with Gasteiger partial charge in [0.2, 0.25) is 0 Å². The summed E-state index contributed by atoms with van der Waals surface area (Å²) in [5.41, 5.74) is 1.93. The Morgan fingerprint density at radius 3 is 2.57 bits per heavy atom. The summed E-state index contributed by atoms with van der Waals surface area (Å²) in [5.74, 6) is 0.736. The van der Waals surface area contributed by atoms with E-state index in [-0.39, 0.29) is 5.91 Å². The molecule has 6 aliphatic heterocycles. The lowest BCUT2D eigenvalue weighted by atomic mass is 9.83. The topological polar surface area (TPSA) is 42.9 Å². The number of piperazine rings is 1. The van der Waals surface area contributed by atoms with Crippen LogP contribution >= 0.6 is 11.5 Å². The predicted molar refractivity (Wildman–Crippen MR) is 121 cm³/mol. The van der Waals surface area contributed by atoms with Crippen LogP contribution in [0.25, 0.3) is 10.1 Å². The molecule has 0 unspecified atom stereocenters. The molecule has 4 bridgehead atoms. The number of fused-ring (bicyclic) bond motifs is 7. The molecule has 6 aliphatic rings. The number of piperidine rings is 5. The van der Waals surface area contributed by atoms with Crippen molar-refractivity contribution >= 4 is 33.2 Å². The number of amides is 1. The third kappa shape index (κ3) is 2.97. The van der Waals surface area contributed by atoms with Crippen molar-refractivity contribution in [3.05, 3.63) is 23.9 Å². The van der Waals surface area contributed by atoms with Gasteiger partial charge in [-0.15, -0.1) is 0 Å². The molecule has 0 aliphatic carbocycles. The molecule has 1 aromatic heterocycles. The maximum Gasteiger partial charge on any atom is 0.274 e. The quantitative estimate of drug-likeness (QED) is 0.757. The normalized spacial score (nSPS) is 33.4. The Bertz CT molecular complexity index is 968. The van der Waals surface area contributed by atoms with E-state index in [1.54, 1.807) is 0 Å². The second-order valence-corrected chi connectivity index (χ2v) is 10.6. The van der Waals surface area contributed by atoms with Gasteiger partial charge in [-0.1, -0.05) is 0 Å². The molecule has 0 spiro atoms. The number of nitrogens with zero attached hydrogens (tertiary/aromatic N) is 5. The zero-order valence-electron chi connectivity index (χ0n) is 18.0. The molecule has 8 rings (SSSR count). The van der Waals surface area contributed by atoms with Gasteiger partial charge in [-0.25, -0.2) is 0 Å². The molecule has 2 aromatic rings. The number of carbonyl (C=O) groups is 1. The SMILES string of the molecule is CN1C[C@@H]2CC[C@H]1CN2c1ccc2c(C(=O)N(C)[C@H]3CN4CCC3CC4)nsc2c1. The van der Waals surface area contributed by atoms with Crippen LogP contribution in [0.3, 0.4) is 0 Å². The van der Waals surface area contributed by atoms with Crippen LogP contribution in [0.1, 0.15) is 36.2 Å². The Balaban J connectivity index is 1.25. The molecule has 7 heterocycles. The third-order valence-electron chi connectivity index (χ3n) is 8.23. The van der Waals surface area contributed by atoms with E-state index in [2.05, 4.69) is 44.3 Å². The van der Waals surface area contributed by atoms with Crippen molar-refractivity contribution in [2.24, 2.45) is 5.92 Å². The van der Waals surface area contributed by atoms with Gasteiger partial charge in [0.25, 0.3) is 5.91 Å². The van der Waals surface area contributed by atoms with Gasteiger partial charge in [0.15, 0.2) is 0 Å². The van der Waals surface area contributed by atoms with Gasteiger partial charge < -0.3 is 14.7 Å². The molecular formula is C23H31N5OS. The van der Waals surface area contributed by atoms with Crippen molar-refractivity contribution in [2.45, 2.75) is 43.8 Å². The van der Waals surface area contributed by atoms with Crippen LogP contribution in [0.5, 0.6) is 0 Å². The minimum Gasteiger partial charge on any atom is -0.366 e. The average Bonchev–Trinajstić information content (AvgIpc) is 3.22. The zero-order valence-corrected chi connectivity index (χ0v) is 18.8. The molecule has 7 heteroatoms. The maximum absolute atomic E-state index is 13.4. The molecule has 30 heavy (non-hydrogen) atoms. The van der Waals surface area contributed by atoms with E-state index in [0.717, 1.165) is 29.7 Å². The lowest BCUT2D eigenvalue weighted by molar-refractivity contribution is 0.0161. The van der Waals surface area contributed by atoms with E-state index in [0.29, 0.717) is 29.7 Å². The molecule has 0 radical (unpaired) electrons. The number of hydrogen-bond acceptors (Lipinski definition) is 6. The smallest absolute Gasteiger partial charge is 0.274 e. The predicted octanol–water partition coefficient (Wildman–Crippen LogP) is 2.75. The molecule has 1 amide bonds. The first-order valence-corrected chi connectivity index (χ1v) is 12.2. The second-order valence-electron chi connectivity index (χ2n) is 9.81. The minimum atomic E-state index is 0.0893. The molecule has 0 saturated carbocycles. The summed E-state index contributed by atoms with van der Waals surface area (Å²) < 4.78 is 5.76. The lowest BCUT2D eigenvalue weighted by Gasteiger charge is -2.51. The standard InChI is InChI=1S/C23H31N5OS/c1-25-12-18-4-3-17(25)13-28(18)16-5-6-19-21(11-16)30-24-22(19)23(29)26(2)20-14-27-9-7-15(20)8-10-27/h5-6,11,15,17-18,20H,3-4,7-10,12-14H2,1-2H3/t17-,18-,20-/m0/s1. The summed E-state index contributed by atoms with van der Waals surface area (Å²) in [6.45, 7) is 5.67. The van der Waals surface area contributed by atoms with E-state index in [1.807, 2.05) is 11.9 Å².